The van der Waals surface area contributed by atoms with Crippen molar-refractivity contribution in [1.29, 1.82) is 5.41 Å². The van der Waals surface area contributed by atoms with Gasteiger partial charge in [0.15, 0.2) is 5.84 Å². The molecule has 3 aliphatic rings. The summed E-state index contributed by atoms with van der Waals surface area (Å²) in [6, 6.07) is 15.6. The van der Waals surface area contributed by atoms with Crippen molar-refractivity contribution in [3.05, 3.63) is 76.5 Å². The van der Waals surface area contributed by atoms with Gasteiger partial charge in [-0.15, -0.1) is 0 Å². The van der Waals surface area contributed by atoms with Crippen LogP contribution in [0.3, 0.4) is 0 Å². The number of carbonyl (C=O) groups excluding carboxylic acids is 2. The quantitative estimate of drug-likeness (QED) is 0.437. The second-order valence-electron chi connectivity index (χ2n) is 9.45. The molecule has 0 spiro atoms. The van der Waals surface area contributed by atoms with Gasteiger partial charge in [-0.1, -0.05) is 48.0 Å². The Balaban J connectivity index is 1.28. The van der Waals surface area contributed by atoms with E-state index in [1.165, 1.54) is 16.8 Å². The number of hydrazone groups is 1. The van der Waals surface area contributed by atoms with Gasteiger partial charge in [0.1, 0.15) is 5.04 Å². The summed E-state index contributed by atoms with van der Waals surface area (Å²) in [5.74, 6) is -0.511. The number of hydrogen-bond donors (Lipinski definition) is 1. The summed E-state index contributed by atoms with van der Waals surface area (Å²) in [7, 11) is 0. The largest absolute Gasteiger partial charge is 0.342 e. The average molecular weight is 545 g/mol. The van der Waals surface area contributed by atoms with Crippen LogP contribution >= 0.6 is 23.4 Å². The van der Waals surface area contributed by atoms with Crippen LogP contribution in [0.2, 0.25) is 5.02 Å². The molecule has 0 saturated carbocycles. The first-order chi connectivity index (χ1) is 18.5. The SMILES string of the molecule is N=C1C(=Cc2cn(Cc3ccccc3Cl)c3ccccc23)C(=O)N=C2SC(CC(=O)N3CCCCC3)=NN12. The lowest BCUT2D eigenvalue weighted by Gasteiger charge is -2.26. The van der Waals surface area contributed by atoms with Crippen molar-refractivity contribution in [2.75, 3.05) is 13.1 Å². The summed E-state index contributed by atoms with van der Waals surface area (Å²) >= 11 is 7.59. The molecule has 2 aromatic carbocycles. The average Bonchev–Trinajstić information content (AvgIpc) is 3.49. The molecule has 2 amide bonds. The molecule has 8 nitrogen and oxygen atoms in total. The number of piperidine rings is 1. The summed E-state index contributed by atoms with van der Waals surface area (Å²) in [5.41, 5.74) is 2.93. The highest BCUT2D eigenvalue weighted by atomic mass is 35.5. The molecule has 0 unspecified atom stereocenters. The molecule has 1 saturated heterocycles. The fraction of sp³-hybridized carbons (Fsp3) is 0.250. The number of para-hydroxylation sites is 1. The monoisotopic (exact) mass is 544 g/mol. The number of aliphatic imine (C=N–C) groups is 1. The first-order valence-corrected chi connectivity index (χ1v) is 13.8. The minimum Gasteiger partial charge on any atom is -0.342 e. The minimum atomic E-state index is -0.490. The third-order valence-corrected chi connectivity index (χ3v) is 8.20. The second kappa shape index (κ2) is 10.2. The summed E-state index contributed by atoms with van der Waals surface area (Å²) in [6.45, 7) is 2.11. The molecular weight excluding hydrogens is 520 g/mol. The van der Waals surface area contributed by atoms with Crippen molar-refractivity contribution in [2.45, 2.75) is 32.2 Å². The molecule has 38 heavy (non-hydrogen) atoms. The van der Waals surface area contributed by atoms with Gasteiger partial charge in [0.2, 0.25) is 11.1 Å². The van der Waals surface area contributed by atoms with Gasteiger partial charge in [0.25, 0.3) is 5.91 Å². The van der Waals surface area contributed by atoms with Crippen LogP contribution in [0, 0.1) is 5.41 Å². The number of aromatic nitrogens is 1. The van der Waals surface area contributed by atoms with Gasteiger partial charge >= 0.3 is 0 Å². The Morgan fingerprint density at radius 1 is 1.08 bits per heavy atom. The number of rotatable bonds is 5. The molecule has 3 aliphatic heterocycles. The molecule has 192 valence electrons. The fourth-order valence-electron chi connectivity index (χ4n) is 4.97. The predicted octanol–water partition coefficient (Wildman–Crippen LogP) is 5.36. The van der Waals surface area contributed by atoms with Gasteiger partial charge in [0, 0.05) is 47.3 Å². The van der Waals surface area contributed by atoms with Gasteiger partial charge in [0.05, 0.1) is 12.0 Å². The van der Waals surface area contributed by atoms with Crippen molar-refractivity contribution in [3.8, 4) is 0 Å². The number of likely N-dealkylation sites (tertiary alicyclic amines) is 1. The van der Waals surface area contributed by atoms with E-state index in [1.54, 1.807) is 6.08 Å². The zero-order valence-corrected chi connectivity index (χ0v) is 22.1. The number of nitrogens with zero attached hydrogens (tertiary/aromatic N) is 5. The molecule has 1 aromatic heterocycles. The highest BCUT2D eigenvalue weighted by Crippen LogP contribution is 2.32. The molecule has 0 atom stereocenters. The van der Waals surface area contributed by atoms with E-state index in [0.29, 0.717) is 21.8 Å². The number of fused-ring (bicyclic) bond motifs is 2. The van der Waals surface area contributed by atoms with E-state index in [1.807, 2.05) is 59.6 Å². The number of benzene rings is 2. The lowest BCUT2D eigenvalue weighted by atomic mass is 10.1. The number of halogens is 1. The molecular formula is C28H25ClN6O2S. The zero-order valence-electron chi connectivity index (χ0n) is 20.6. The third kappa shape index (κ3) is 4.68. The Morgan fingerprint density at radius 2 is 1.84 bits per heavy atom. The minimum absolute atomic E-state index is 0.0244. The normalized spacial score (nSPS) is 18.7. The van der Waals surface area contributed by atoms with Crippen molar-refractivity contribution >= 4 is 68.2 Å². The van der Waals surface area contributed by atoms with E-state index >= 15 is 0 Å². The van der Waals surface area contributed by atoms with Crippen LogP contribution in [0.15, 0.2) is 70.4 Å². The van der Waals surface area contributed by atoms with Gasteiger partial charge in [-0.3, -0.25) is 15.0 Å². The molecule has 10 heteroatoms. The highest BCUT2D eigenvalue weighted by molar-refractivity contribution is 8.27. The number of hydrogen-bond acceptors (Lipinski definition) is 5. The van der Waals surface area contributed by atoms with E-state index in [0.717, 1.165) is 54.4 Å². The van der Waals surface area contributed by atoms with Crippen LogP contribution in [0.5, 0.6) is 0 Å². The standard InChI is InChI=1S/C28H25ClN6O2S/c29-22-10-4-2-8-18(22)16-34-17-19(20-9-3-5-11-23(20)34)14-21-26(30)35-28(31-27(21)37)38-24(32-35)15-25(36)33-12-6-1-7-13-33/h2-5,8-11,14,17,30H,1,6-7,12-13,15-16H2. The maximum absolute atomic E-state index is 13.0. The van der Waals surface area contributed by atoms with Crippen LogP contribution < -0.4 is 0 Å². The van der Waals surface area contributed by atoms with E-state index in [-0.39, 0.29) is 23.7 Å². The van der Waals surface area contributed by atoms with Crippen LogP contribution in [-0.4, -0.2) is 55.4 Å². The Kier molecular flexibility index (Phi) is 6.63. The van der Waals surface area contributed by atoms with Crippen molar-refractivity contribution in [1.82, 2.24) is 14.5 Å². The van der Waals surface area contributed by atoms with Crippen molar-refractivity contribution in [3.63, 3.8) is 0 Å². The Labute approximate surface area is 229 Å². The first kappa shape index (κ1) is 24.6. The van der Waals surface area contributed by atoms with Crippen LogP contribution in [0.25, 0.3) is 17.0 Å². The van der Waals surface area contributed by atoms with Crippen LogP contribution in [0.1, 0.15) is 36.8 Å². The maximum Gasteiger partial charge on any atom is 0.283 e. The van der Waals surface area contributed by atoms with Gasteiger partial charge in [-0.2, -0.15) is 15.1 Å². The Morgan fingerprint density at radius 3 is 2.66 bits per heavy atom. The van der Waals surface area contributed by atoms with E-state index in [4.69, 9.17) is 17.0 Å². The molecule has 0 bridgehead atoms. The lowest BCUT2D eigenvalue weighted by molar-refractivity contribution is -0.130. The third-order valence-electron chi connectivity index (χ3n) is 6.93. The fourth-order valence-corrected chi connectivity index (χ4v) is 6.05. The molecule has 1 N–H and O–H groups in total. The summed E-state index contributed by atoms with van der Waals surface area (Å²) in [4.78, 5) is 31.8. The number of amidine groups is 2. The highest BCUT2D eigenvalue weighted by Gasteiger charge is 2.36. The maximum atomic E-state index is 13.0. The van der Waals surface area contributed by atoms with Crippen molar-refractivity contribution < 1.29 is 9.59 Å². The zero-order chi connectivity index (χ0) is 26.2. The topological polar surface area (TPSA) is 94.1 Å². The summed E-state index contributed by atoms with van der Waals surface area (Å²) in [5, 5.41) is 17.1. The van der Waals surface area contributed by atoms with Gasteiger partial charge < -0.3 is 9.47 Å². The Hall–Kier alpha value is -3.69. The molecule has 1 fully saturated rings. The Bertz CT molecular complexity index is 1570. The van der Waals surface area contributed by atoms with E-state index < -0.39 is 5.91 Å². The molecule has 3 aromatic rings. The molecule has 0 aliphatic carbocycles. The van der Waals surface area contributed by atoms with Crippen LogP contribution in [-0.2, 0) is 16.1 Å². The van der Waals surface area contributed by atoms with E-state index in [9.17, 15) is 9.59 Å². The van der Waals surface area contributed by atoms with Crippen LogP contribution in [0.4, 0.5) is 0 Å². The number of nitrogens with one attached hydrogen (secondary N) is 1. The number of thioether (sulfide) groups is 1. The van der Waals surface area contributed by atoms with Gasteiger partial charge in [-0.25, -0.2) is 0 Å². The van der Waals surface area contributed by atoms with Crippen molar-refractivity contribution in [2.24, 2.45) is 10.1 Å². The number of amides is 2. The number of carbonyl (C=O) groups is 2. The lowest BCUT2D eigenvalue weighted by Crippen LogP contribution is -2.36. The first-order valence-electron chi connectivity index (χ1n) is 12.6. The molecule has 4 heterocycles. The molecule has 6 rings (SSSR count). The molecule has 0 radical (unpaired) electrons. The smallest absolute Gasteiger partial charge is 0.283 e. The predicted molar refractivity (Wildman–Crippen MR) is 153 cm³/mol. The van der Waals surface area contributed by atoms with E-state index in [2.05, 4.69) is 14.7 Å². The summed E-state index contributed by atoms with van der Waals surface area (Å²) < 4.78 is 2.09. The summed E-state index contributed by atoms with van der Waals surface area (Å²) in [6.07, 6.45) is 7.00. The second-order valence-corrected chi connectivity index (χ2v) is 10.9. The van der Waals surface area contributed by atoms with Gasteiger partial charge in [-0.05, 0) is 54.8 Å².